The first-order valence-corrected chi connectivity index (χ1v) is 5.39. The number of anilines is 2. The number of carbonyl (C=O) groups excluding carboxylic acids is 1. The van der Waals surface area contributed by atoms with Crippen LogP contribution in [0.5, 0.6) is 0 Å². The molecule has 1 aliphatic rings. The number of hydrogen-bond donors (Lipinski definition) is 1. The number of carbonyl (C=O) groups is 1. The fourth-order valence-corrected chi connectivity index (χ4v) is 1.76. The molecule has 0 saturated heterocycles. The Bertz CT molecular complexity index is 388. The van der Waals surface area contributed by atoms with E-state index in [1.807, 2.05) is 24.3 Å². The Hall–Kier alpha value is -1.55. The molecule has 0 radical (unpaired) electrons. The van der Waals surface area contributed by atoms with E-state index in [4.69, 9.17) is 10.5 Å². The third-order valence-corrected chi connectivity index (χ3v) is 2.60. The predicted octanol–water partition coefficient (Wildman–Crippen LogP) is 1.41. The average molecular weight is 220 g/mol. The van der Waals surface area contributed by atoms with Gasteiger partial charge in [0.15, 0.2) is 0 Å². The highest BCUT2D eigenvalue weighted by Gasteiger charge is 2.33. The van der Waals surface area contributed by atoms with Crippen LogP contribution in [0, 0.1) is 0 Å². The highest BCUT2D eigenvalue weighted by Crippen LogP contribution is 2.32. The minimum atomic E-state index is -0.00407. The van der Waals surface area contributed by atoms with Crippen molar-refractivity contribution in [3.8, 4) is 0 Å². The maximum Gasteiger partial charge on any atom is 0.253 e. The van der Waals surface area contributed by atoms with Crippen LogP contribution in [0.1, 0.15) is 12.8 Å². The van der Waals surface area contributed by atoms with E-state index in [2.05, 4.69) is 0 Å². The van der Waals surface area contributed by atoms with Crippen molar-refractivity contribution in [1.29, 1.82) is 0 Å². The van der Waals surface area contributed by atoms with Gasteiger partial charge in [-0.3, -0.25) is 4.79 Å². The second kappa shape index (κ2) is 4.53. The van der Waals surface area contributed by atoms with Gasteiger partial charge in [-0.25, -0.2) is 0 Å². The molecule has 0 bridgehead atoms. The zero-order valence-electron chi connectivity index (χ0n) is 9.35. The largest absolute Gasteiger partial charge is 0.399 e. The summed E-state index contributed by atoms with van der Waals surface area (Å²) in [5, 5.41) is 0. The molecule has 86 valence electrons. The molecule has 1 aromatic carbocycles. The molecule has 2 N–H and O–H groups in total. The van der Waals surface area contributed by atoms with Gasteiger partial charge in [-0.15, -0.1) is 0 Å². The van der Waals surface area contributed by atoms with E-state index in [0.717, 1.165) is 18.5 Å². The number of nitrogens with two attached hydrogens (primary N) is 1. The molecular weight excluding hydrogens is 204 g/mol. The summed E-state index contributed by atoms with van der Waals surface area (Å²) in [5.41, 5.74) is 7.26. The molecule has 1 aromatic rings. The fourth-order valence-electron chi connectivity index (χ4n) is 1.76. The van der Waals surface area contributed by atoms with Gasteiger partial charge in [-0.05, 0) is 31.0 Å². The van der Waals surface area contributed by atoms with Crippen LogP contribution in [0.25, 0.3) is 0 Å². The maximum atomic E-state index is 11.9. The minimum absolute atomic E-state index is 0.00407. The van der Waals surface area contributed by atoms with Gasteiger partial charge in [0.2, 0.25) is 0 Å². The van der Waals surface area contributed by atoms with E-state index in [0.29, 0.717) is 11.7 Å². The summed E-state index contributed by atoms with van der Waals surface area (Å²) in [6, 6.07) is 7.73. The topological polar surface area (TPSA) is 55.6 Å². The second-order valence-electron chi connectivity index (χ2n) is 4.02. The fraction of sp³-hybridized carbons (Fsp3) is 0.417. The Morgan fingerprint density at radius 2 is 2.31 bits per heavy atom. The van der Waals surface area contributed by atoms with E-state index in [1.165, 1.54) is 7.11 Å². The first-order chi connectivity index (χ1) is 7.72. The molecule has 0 unspecified atom stereocenters. The average Bonchev–Trinajstić information content (AvgIpc) is 3.03. The van der Waals surface area contributed by atoms with Crippen LogP contribution in [0.3, 0.4) is 0 Å². The van der Waals surface area contributed by atoms with Crippen LogP contribution in [-0.2, 0) is 9.53 Å². The zero-order chi connectivity index (χ0) is 11.5. The van der Waals surface area contributed by atoms with Crippen LogP contribution in [0.4, 0.5) is 11.4 Å². The van der Waals surface area contributed by atoms with Crippen LogP contribution >= 0.6 is 0 Å². The summed E-state index contributed by atoms with van der Waals surface area (Å²) in [7, 11) is 1.53. The SMILES string of the molecule is COCC(=O)N(c1cccc(N)c1)C1CC1. The van der Waals surface area contributed by atoms with Crippen molar-refractivity contribution in [2.75, 3.05) is 24.4 Å². The number of hydrogen-bond acceptors (Lipinski definition) is 3. The molecule has 0 spiro atoms. The number of benzene rings is 1. The van der Waals surface area contributed by atoms with Crippen LogP contribution in [-0.4, -0.2) is 25.7 Å². The molecule has 2 rings (SSSR count). The number of ether oxygens (including phenoxy) is 1. The van der Waals surface area contributed by atoms with Gasteiger partial charge in [0, 0.05) is 24.5 Å². The lowest BCUT2D eigenvalue weighted by Crippen LogP contribution is -2.35. The Morgan fingerprint density at radius 3 is 2.88 bits per heavy atom. The summed E-state index contributed by atoms with van der Waals surface area (Å²) >= 11 is 0. The van der Waals surface area contributed by atoms with Crippen LogP contribution in [0.2, 0.25) is 0 Å². The summed E-state index contributed by atoms with van der Waals surface area (Å²) in [4.78, 5) is 13.7. The molecule has 0 heterocycles. The van der Waals surface area contributed by atoms with Gasteiger partial charge in [-0.2, -0.15) is 0 Å². The lowest BCUT2D eigenvalue weighted by molar-refractivity contribution is -0.122. The first kappa shape index (κ1) is 11.0. The summed E-state index contributed by atoms with van der Waals surface area (Å²) < 4.78 is 4.89. The molecule has 1 amide bonds. The molecule has 1 aliphatic carbocycles. The van der Waals surface area contributed by atoms with Gasteiger partial charge in [0.05, 0.1) is 0 Å². The lowest BCUT2D eigenvalue weighted by atomic mass is 10.2. The standard InChI is InChI=1S/C12H16N2O2/c1-16-8-12(15)14(10-5-6-10)11-4-2-3-9(13)7-11/h2-4,7,10H,5-6,8,13H2,1H3. The van der Waals surface area contributed by atoms with Gasteiger partial charge in [-0.1, -0.05) is 6.07 Å². The van der Waals surface area contributed by atoms with Gasteiger partial charge >= 0.3 is 0 Å². The summed E-state index contributed by atoms with van der Waals surface area (Å²) in [6.07, 6.45) is 2.12. The quantitative estimate of drug-likeness (QED) is 0.780. The molecule has 16 heavy (non-hydrogen) atoms. The number of rotatable bonds is 4. The molecule has 4 heteroatoms. The van der Waals surface area contributed by atoms with E-state index in [9.17, 15) is 4.79 Å². The van der Waals surface area contributed by atoms with Crippen molar-refractivity contribution in [2.45, 2.75) is 18.9 Å². The Kier molecular flexibility index (Phi) is 3.10. The molecule has 0 aromatic heterocycles. The van der Waals surface area contributed by atoms with E-state index >= 15 is 0 Å². The number of methoxy groups -OCH3 is 1. The van der Waals surface area contributed by atoms with Crippen molar-refractivity contribution >= 4 is 17.3 Å². The highest BCUT2D eigenvalue weighted by atomic mass is 16.5. The third kappa shape index (κ3) is 2.33. The first-order valence-electron chi connectivity index (χ1n) is 5.39. The molecule has 1 fully saturated rings. The zero-order valence-corrected chi connectivity index (χ0v) is 9.35. The smallest absolute Gasteiger partial charge is 0.253 e. The Morgan fingerprint density at radius 1 is 1.56 bits per heavy atom. The normalized spacial score (nSPS) is 14.8. The van der Waals surface area contributed by atoms with Crippen molar-refractivity contribution in [3.63, 3.8) is 0 Å². The van der Waals surface area contributed by atoms with Crippen molar-refractivity contribution < 1.29 is 9.53 Å². The monoisotopic (exact) mass is 220 g/mol. The molecule has 1 saturated carbocycles. The lowest BCUT2D eigenvalue weighted by Gasteiger charge is -2.22. The Labute approximate surface area is 95.0 Å². The van der Waals surface area contributed by atoms with Crippen molar-refractivity contribution in [3.05, 3.63) is 24.3 Å². The van der Waals surface area contributed by atoms with E-state index in [1.54, 1.807) is 4.90 Å². The van der Waals surface area contributed by atoms with E-state index in [-0.39, 0.29) is 12.5 Å². The third-order valence-electron chi connectivity index (χ3n) is 2.60. The molecule has 0 atom stereocenters. The molecular formula is C12H16N2O2. The van der Waals surface area contributed by atoms with Gasteiger partial charge in [0.25, 0.3) is 5.91 Å². The van der Waals surface area contributed by atoms with Crippen molar-refractivity contribution in [1.82, 2.24) is 0 Å². The van der Waals surface area contributed by atoms with Crippen molar-refractivity contribution in [2.24, 2.45) is 0 Å². The van der Waals surface area contributed by atoms with Crippen LogP contribution < -0.4 is 10.6 Å². The van der Waals surface area contributed by atoms with E-state index < -0.39 is 0 Å². The van der Waals surface area contributed by atoms with Gasteiger partial charge < -0.3 is 15.4 Å². The summed E-state index contributed by atoms with van der Waals surface area (Å²) in [5.74, 6) is -0.00407. The maximum absolute atomic E-state index is 11.9. The predicted molar refractivity (Wildman–Crippen MR) is 63.2 cm³/mol. The minimum Gasteiger partial charge on any atom is -0.399 e. The number of nitrogens with zero attached hydrogens (tertiary/aromatic N) is 1. The second-order valence-corrected chi connectivity index (χ2v) is 4.02. The van der Waals surface area contributed by atoms with Gasteiger partial charge in [0.1, 0.15) is 6.61 Å². The van der Waals surface area contributed by atoms with Crippen LogP contribution in [0.15, 0.2) is 24.3 Å². The molecule has 4 nitrogen and oxygen atoms in total. The highest BCUT2D eigenvalue weighted by molar-refractivity contribution is 5.95. The summed E-state index contributed by atoms with van der Waals surface area (Å²) in [6.45, 7) is 0.116. The number of amides is 1. The molecule has 0 aliphatic heterocycles. The Balaban J connectivity index is 2.22. The number of nitrogen functional groups attached to an aromatic ring is 1.